The Labute approximate surface area is 194 Å². The third-order valence-electron chi connectivity index (χ3n) is 6.00. The monoisotopic (exact) mass is 481 g/mol. The molecular weight excluding hydrogens is 426 g/mol. The first-order valence-corrected chi connectivity index (χ1v) is 17.3. The predicted octanol–water partition coefficient (Wildman–Crippen LogP) is 5.86. The van der Waals surface area contributed by atoms with E-state index in [1.807, 2.05) is 13.8 Å². The van der Waals surface area contributed by atoms with Crippen molar-refractivity contribution in [2.45, 2.75) is 126 Å². The Balaban J connectivity index is 4.85. The van der Waals surface area contributed by atoms with E-state index in [1.54, 1.807) is 0 Å². The first-order chi connectivity index (χ1) is 14.9. The van der Waals surface area contributed by atoms with Crippen LogP contribution in [0.1, 0.15) is 110 Å². The van der Waals surface area contributed by atoms with Gasteiger partial charge >= 0.3 is 195 Å². The summed E-state index contributed by atoms with van der Waals surface area (Å²) < 4.78 is 28.3. The van der Waals surface area contributed by atoms with Crippen LogP contribution in [0.15, 0.2) is 0 Å². The molecule has 6 nitrogen and oxygen atoms in total. The number of rotatable bonds is 24. The summed E-state index contributed by atoms with van der Waals surface area (Å²) in [6, 6.07) is 0. The molecule has 6 N–H and O–H groups in total. The van der Waals surface area contributed by atoms with E-state index in [2.05, 4.69) is 0 Å². The molecule has 0 saturated heterocycles. The van der Waals surface area contributed by atoms with Crippen molar-refractivity contribution in [2.24, 2.45) is 17.2 Å². The summed E-state index contributed by atoms with van der Waals surface area (Å²) in [5.74, 6) is 0. The standard InChI is InChI=1S/C7H16NO.2C7H16N.C3H7O.O.Ti/c8-6-4-2-1-3-5-7-9;2*1-2-3-4-5-6-7-8;1-3(2)4;;/h1-8H2;2*1-8H2;3H,1-2H3;;/q-1;;;-1;;+2. The van der Waals surface area contributed by atoms with Crippen LogP contribution >= 0.6 is 0 Å². The predicted molar refractivity (Wildman–Crippen MR) is 129 cm³/mol. The van der Waals surface area contributed by atoms with Gasteiger partial charge in [-0.3, -0.25) is 0 Å². The Kier molecular flexibility index (Phi) is 20.0. The van der Waals surface area contributed by atoms with Crippen LogP contribution in [0.2, 0.25) is 9.45 Å². The van der Waals surface area contributed by atoms with Gasteiger partial charge in [0.2, 0.25) is 0 Å². The summed E-state index contributed by atoms with van der Waals surface area (Å²) in [6.07, 6.45) is 16.1. The van der Waals surface area contributed by atoms with E-state index in [-0.39, 0.29) is 6.10 Å². The van der Waals surface area contributed by atoms with Gasteiger partial charge in [0.05, 0.1) is 0 Å². The molecule has 0 aliphatic heterocycles. The van der Waals surface area contributed by atoms with Crippen LogP contribution in [-0.2, 0) is 26.0 Å². The fourth-order valence-electron chi connectivity index (χ4n) is 4.31. The van der Waals surface area contributed by atoms with E-state index in [9.17, 15) is 3.32 Å². The number of hydrogen-bond acceptors (Lipinski definition) is 6. The quantitative estimate of drug-likeness (QED) is 0.118. The van der Waals surface area contributed by atoms with Crippen LogP contribution in [0.4, 0.5) is 0 Å². The maximum atomic E-state index is 14.5. The van der Waals surface area contributed by atoms with Crippen molar-refractivity contribution in [1.29, 1.82) is 0 Å². The van der Waals surface area contributed by atoms with Crippen molar-refractivity contribution in [3.8, 4) is 0 Å². The van der Waals surface area contributed by atoms with Crippen LogP contribution in [0, 0.1) is 0 Å². The zero-order chi connectivity index (χ0) is 23.3. The summed E-state index contributed by atoms with van der Waals surface area (Å²) in [5, 5.41) is 0. The molecule has 0 aromatic carbocycles. The molecular formula is C24H55N3O3Ti. The van der Waals surface area contributed by atoms with Crippen LogP contribution in [0.5, 0.6) is 0 Å². The van der Waals surface area contributed by atoms with Crippen molar-refractivity contribution < 1.29 is 26.0 Å². The van der Waals surface area contributed by atoms with Gasteiger partial charge in [-0.15, -0.1) is 0 Å². The normalized spacial score (nSPS) is 12.7. The molecule has 0 amide bonds. The van der Waals surface area contributed by atoms with E-state index in [4.69, 9.17) is 23.8 Å². The minimum atomic E-state index is -4.71. The zero-order valence-corrected chi connectivity index (χ0v) is 22.4. The average molecular weight is 482 g/mol. The van der Waals surface area contributed by atoms with E-state index in [0.717, 1.165) is 116 Å². The molecule has 0 saturated carbocycles. The molecule has 31 heavy (non-hydrogen) atoms. The van der Waals surface area contributed by atoms with Gasteiger partial charge < -0.3 is 0 Å². The van der Waals surface area contributed by atoms with Crippen molar-refractivity contribution in [3.63, 3.8) is 0 Å². The Bertz CT molecular complexity index is 441. The van der Waals surface area contributed by atoms with Crippen LogP contribution < -0.4 is 17.2 Å². The molecule has 0 fully saturated rings. The Hall–Kier alpha value is 0.314. The van der Waals surface area contributed by atoms with Gasteiger partial charge in [0.1, 0.15) is 0 Å². The van der Waals surface area contributed by atoms with Gasteiger partial charge in [0.15, 0.2) is 0 Å². The molecule has 0 aliphatic rings. The molecule has 0 spiro atoms. The summed E-state index contributed by atoms with van der Waals surface area (Å²) in [6.45, 7) is 6.78. The average Bonchev–Trinajstić information content (AvgIpc) is 2.72. The van der Waals surface area contributed by atoms with Crippen molar-refractivity contribution in [3.05, 3.63) is 0 Å². The van der Waals surface area contributed by atoms with Gasteiger partial charge in [-0.2, -0.15) is 0 Å². The fourth-order valence-corrected chi connectivity index (χ4v) is 11.1. The Morgan fingerprint density at radius 2 is 0.935 bits per heavy atom. The molecule has 0 rings (SSSR count). The molecule has 0 aliphatic carbocycles. The van der Waals surface area contributed by atoms with Crippen molar-refractivity contribution in [2.75, 3.05) is 26.2 Å². The third kappa shape index (κ3) is 17.5. The molecule has 0 aromatic rings. The molecule has 188 valence electrons. The summed E-state index contributed by atoms with van der Waals surface area (Å²) in [7, 11) is 0. The Morgan fingerprint density at radius 1 is 0.581 bits per heavy atom. The molecule has 7 heteroatoms. The molecule has 0 heterocycles. The number of hydrogen-bond donors (Lipinski definition) is 3. The van der Waals surface area contributed by atoms with Crippen LogP contribution in [0.3, 0.4) is 0 Å². The SMILES string of the molecule is CC(C)[O][Ti](=[O])([CH2]CCCCCCN)([CH2]CCCCCCN)[O]CCCCCCCN. The van der Waals surface area contributed by atoms with Gasteiger partial charge in [-0.05, 0) is 0 Å². The first kappa shape index (κ1) is 31.3. The first-order valence-electron chi connectivity index (χ1n) is 13.2. The Morgan fingerprint density at radius 3 is 1.32 bits per heavy atom. The topological polar surface area (TPSA) is 114 Å². The number of unbranched alkanes of at least 4 members (excludes halogenated alkanes) is 12. The van der Waals surface area contributed by atoms with E-state index >= 15 is 0 Å². The molecule has 0 aromatic heterocycles. The van der Waals surface area contributed by atoms with E-state index < -0.39 is 16.1 Å². The van der Waals surface area contributed by atoms with Gasteiger partial charge in [0, 0.05) is 0 Å². The van der Waals surface area contributed by atoms with Gasteiger partial charge in [-0.1, -0.05) is 0 Å². The molecule has 0 atom stereocenters. The van der Waals surface area contributed by atoms with Crippen molar-refractivity contribution >= 4 is 0 Å². The van der Waals surface area contributed by atoms with Crippen LogP contribution in [0.25, 0.3) is 0 Å². The van der Waals surface area contributed by atoms with E-state index in [1.165, 1.54) is 0 Å². The molecule has 0 unspecified atom stereocenters. The second kappa shape index (κ2) is 19.8. The molecule has 0 bridgehead atoms. The molecule has 0 radical (unpaired) electrons. The minimum absolute atomic E-state index is 0.0754. The maximum absolute atomic E-state index is 14.5. The van der Waals surface area contributed by atoms with Crippen LogP contribution in [-0.4, -0.2) is 32.3 Å². The number of nitrogens with two attached hydrogens (primary N) is 3. The summed E-state index contributed by atoms with van der Waals surface area (Å²) in [4.78, 5) is 0. The van der Waals surface area contributed by atoms with Crippen molar-refractivity contribution in [1.82, 2.24) is 0 Å². The summed E-state index contributed by atoms with van der Waals surface area (Å²) in [5.41, 5.74) is 16.8. The van der Waals surface area contributed by atoms with E-state index in [0.29, 0.717) is 16.1 Å². The second-order valence-electron chi connectivity index (χ2n) is 9.55. The fraction of sp³-hybridized carbons (Fsp3) is 1.00. The third-order valence-corrected chi connectivity index (χ3v) is 13.0. The summed E-state index contributed by atoms with van der Waals surface area (Å²) >= 11 is -4.71. The zero-order valence-electron chi connectivity index (χ0n) is 20.9. The second-order valence-corrected chi connectivity index (χ2v) is 16.2. The van der Waals surface area contributed by atoms with Gasteiger partial charge in [-0.25, -0.2) is 0 Å². The van der Waals surface area contributed by atoms with Gasteiger partial charge in [0.25, 0.3) is 0 Å².